The van der Waals surface area contributed by atoms with Gasteiger partial charge >= 0.3 is 5.69 Å². The molecule has 0 amide bonds. The van der Waals surface area contributed by atoms with Crippen LogP contribution in [0.15, 0.2) is 64.4 Å². The van der Waals surface area contributed by atoms with Gasteiger partial charge in [0.25, 0.3) is 11.6 Å². The zero-order chi connectivity index (χ0) is 22.1. The van der Waals surface area contributed by atoms with Gasteiger partial charge in [-0.15, -0.1) is 0 Å². The number of pyridine rings is 1. The molecule has 0 radical (unpaired) electrons. The van der Waals surface area contributed by atoms with Gasteiger partial charge in [-0.05, 0) is 12.8 Å². The number of aromatic hydroxyl groups is 1. The minimum absolute atomic E-state index is 0.141. The van der Waals surface area contributed by atoms with Crippen LogP contribution in [0.5, 0.6) is 5.88 Å². The van der Waals surface area contributed by atoms with Crippen LogP contribution in [-0.4, -0.2) is 33.1 Å². The summed E-state index contributed by atoms with van der Waals surface area (Å²) in [5.41, 5.74) is -0.0638. The van der Waals surface area contributed by atoms with Gasteiger partial charge in [0.2, 0.25) is 11.7 Å². The van der Waals surface area contributed by atoms with E-state index in [0.29, 0.717) is 5.56 Å². The molecule has 2 aromatic heterocycles. The second-order valence-electron chi connectivity index (χ2n) is 7.77. The Kier molecular flexibility index (Phi) is 5.46. The van der Waals surface area contributed by atoms with Crippen molar-refractivity contribution in [3.8, 4) is 5.88 Å². The highest BCUT2D eigenvalue weighted by Gasteiger charge is 2.37. The molecule has 3 aromatic rings. The number of rotatable bonds is 5. The van der Waals surface area contributed by atoms with Crippen LogP contribution in [0, 0.1) is 0 Å². The van der Waals surface area contributed by atoms with Crippen LogP contribution >= 0.6 is 0 Å². The van der Waals surface area contributed by atoms with Gasteiger partial charge in [0.15, 0.2) is 18.0 Å². The number of nitrogens with zero attached hydrogens (tertiary/aromatic N) is 4. The monoisotopic (exact) mass is 421 g/mol. The fourth-order valence-electron chi connectivity index (χ4n) is 4.06. The summed E-state index contributed by atoms with van der Waals surface area (Å²) in [5, 5.41) is 10.7. The van der Waals surface area contributed by atoms with E-state index in [2.05, 4.69) is 4.90 Å². The molecule has 0 spiro atoms. The number of Topliss-reactive ketones (excluding diaryl/α,β-unsaturated/α-hetero) is 1. The van der Waals surface area contributed by atoms with Crippen LogP contribution in [-0.2, 0) is 14.1 Å². The maximum atomic E-state index is 13.5. The van der Waals surface area contributed by atoms with Gasteiger partial charge in [0.1, 0.15) is 0 Å². The summed E-state index contributed by atoms with van der Waals surface area (Å²) < 4.78 is 3.48. The molecule has 1 saturated heterocycles. The van der Waals surface area contributed by atoms with Crippen molar-refractivity contribution in [2.24, 2.45) is 14.1 Å². The highest BCUT2D eigenvalue weighted by molar-refractivity contribution is 6.00. The number of ketones is 1. The number of aromatic nitrogens is 3. The first-order valence-electron chi connectivity index (χ1n) is 10.2. The number of carbonyl (C=O) groups is 1. The average molecular weight is 421 g/mol. The minimum Gasteiger partial charge on any atom is -0.494 e. The summed E-state index contributed by atoms with van der Waals surface area (Å²) in [6, 6.07) is 11.3. The van der Waals surface area contributed by atoms with Crippen LogP contribution < -0.4 is 20.7 Å². The minimum atomic E-state index is -1.12. The third-order valence-electron chi connectivity index (χ3n) is 5.85. The molecule has 4 rings (SSSR count). The lowest BCUT2D eigenvalue weighted by atomic mass is 9.98. The zero-order valence-electron chi connectivity index (χ0n) is 17.6. The highest BCUT2D eigenvalue weighted by Crippen LogP contribution is 2.24. The summed E-state index contributed by atoms with van der Waals surface area (Å²) in [6.07, 6.45) is 5.77. The highest BCUT2D eigenvalue weighted by atomic mass is 16.3. The van der Waals surface area contributed by atoms with E-state index in [1.807, 2.05) is 12.1 Å². The van der Waals surface area contributed by atoms with Crippen LogP contribution in [0.4, 0.5) is 5.69 Å². The molecule has 8 nitrogen and oxygen atoms in total. The molecule has 1 unspecified atom stereocenters. The fraction of sp³-hybridized carbons (Fsp3) is 0.304. The Hall–Kier alpha value is -3.68. The van der Waals surface area contributed by atoms with E-state index in [0.717, 1.165) is 40.8 Å². The predicted octanol–water partition coefficient (Wildman–Crippen LogP) is 1.15. The van der Waals surface area contributed by atoms with Crippen molar-refractivity contribution >= 4 is 11.5 Å². The number of carbonyl (C=O) groups excluding carboxylic acids is 1. The quantitative estimate of drug-likeness (QED) is 0.493. The van der Waals surface area contributed by atoms with Crippen molar-refractivity contribution in [2.45, 2.75) is 18.9 Å². The zero-order valence-corrected chi connectivity index (χ0v) is 17.6. The summed E-state index contributed by atoms with van der Waals surface area (Å²) in [4.78, 5) is 41.0. The first kappa shape index (κ1) is 20.6. The summed E-state index contributed by atoms with van der Waals surface area (Å²) in [7, 11) is 2.70. The summed E-state index contributed by atoms with van der Waals surface area (Å²) in [6.45, 7) is 1.97. The molecule has 160 valence electrons. The van der Waals surface area contributed by atoms with Crippen LogP contribution in [0.25, 0.3) is 0 Å². The van der Waals surface area contributed by atoms with E-state index in [-0.39, 0.29) is 11.3 Å². The Balaban J connectivity index is 1.88. The van der Waals surface area contributed by atoms with Crippen LogP contribution in [0.3, 0.4) is 0 Å². The molecule has 1 atom stereocenters. The predicted molar refractivity (Wildman–Crippen MR) is 116 cm³/mol. The second kappa shape index (κ2) is 8.22. The van der Waals surface area contributed by atoms with Crippen molar-refractivity contribution in [1.29, 1.82) is 0 Å². The van der Waals surface area contributed by atoms with Gasteiger partial charge in [0.05, 0.1) is 0 Å². The molecule has 3 heterocycles. The van der Waals surface area contributed by atoms with Gasteiger partial charge in [0, 0.05) is 50.6 Å². The number of hydrogen-bond donors (Lipinski definition) is 1. The van der Waals surface area contributed by atoms with Crippen molar-refractivity contribution in [3.63, 3.8) is 0 Å². The van der Waals surface area contributed by atoms with Gasteiger partial charge in [-0.3, -0.25) is 18.7 Å². The Morgan fingerprint density at radius 3 is 2.19 bits per heavy atom. The maximum absolute atomic E-state index is 13.5. The van der Waals surface area contributed by atoms with Crippen molar-refractivity contribution < 1.29 is 14.5 Å². The molecule has 1 aromatic carbocycles. The molecular formula is C23H25N4O4+. The molecule has 0 aliphatic carbocycles. The largest absolute Gasteiger partial charge is 0.494 e. The third-order valence-corrected chi connectivity index (χ3v) is 5.85. The van der Waals surface area contributed by atoms with Gasteiger partial charge in [-0.25, -0.2) is 4.79 Å². The molecule has 1 N–H and O–H groups in total. The van der Waals surface area contributed by atoms with E-state index >= 15 is 0 Å². The first-order valence-corrected chi connectivity index (χ1v) is 10.2. The molecule has 1 fully saturated rings. The molecule has 0 bridgehead atoms. The normalized spacial score (nSPS) is 14.6. The smallest absolute Gasteiger partial charge is 0.333 e. The lowest BCUT2D eigenvalue weighted by molar-refractivity contribution is -0.699. The molecule has 1 aliphatic heterocycles. The van der Waals surface area contributed by atoms with Crippen molar-refractivity contribution in [2.75, 3.05) is 18.0 Å². The Morgan fingerprint density at radius 2 is 1.58 bits per heavy atom. The molecule has 0 saturated carbocycles. The van der Waals surface area contributed by atoms with Gasteiger partial charge in [-0.1, -0.05) is 30.3 Å². The number of anilines is 1. The lowest BCUT2D eigenvalue weighted by Gasteiger charge is -2.18. The average Bonchev–Trinajstić information content (AvgIpc) is 3.35. The van der Waals surface area contributed by atoms with Crippen LogP contribution in [0.1, 0.15) is 34.8 Å². The number of hydrogen-bond acceptors (Lipinski definition) is 5. The van der Waals surface area contributed by atoms with Crippen LogP contribution in [0.2, 0.25) is 0 Å². The van der Waals surface area contributed by atoms with E-state index < -0.39 is 23.2 Å². The fourth-order valence-corrected chi connectivity index (χ4v) is 4.06. The SMILES string of the molecule is Cn1c(O)c(C(C(=O)c2ccccc2)[n+]2ccc(N3CCCC3)cc2)c(=O)n(C)c1=O. The summed E-state index contributed by atoms with van der Waals surface area (Å²) in [5.74, 6) is -0.871. The topological polar surface area (TPSA) is 88.4 Å². The molecule has 1 aliphatic rings. The van der Waals surface area contributed by atoms with Crippen molar-refractivity contribution in [1.82, 2.24) is 9.13 Å². The van der Waals surface area contributed by atoms with Gasteiger partial charge < -0.3 is 10.0 Å². The standard InChI is InChI=1S/C23H24N4O4/c1-24-21(29)18(22(30)25(2)23(24)31)19(20(28)16-8-4-3-5-9-16)27-14-10-17(11-15-27)26-12-6-7-13-26/h3-5,8-11,14-15,19H,6-7,12-13H2,1-2H3/p+1. The Morgan fingerprint density at radius 1 is 0.968 bits per heavy atom. The van der Waals surface area contributed by atoms with E-state index in [1.54, 1.807) is 47.3 Å². The Labute approximate surface area is 179 Å². The lowest BCUT2D eigenvalue weighted by Crippen LogP contribution is -2.49. The van der Waals surface area contributed by atoms with E-state index in [4.69, 9.17) is 0 Å². The Bertz CT molecular complexity index is 1220. The van der Waals surface area contributed by atoms with Crippen molar-refractivity contribution in [3.05, 3.63) is 86.8 Å². The third kappa shape index (κ3) is 3.65. The molecule has 31 heavy (non-hydrogen) atoms. The van der Waals surface area contributed by atoms with Gasteiger partial charge in [-0.2, -0.15) is 4.57 Å². The summed E-state index contributed by atoms with van der Waals surface area (Å²) >= 11 is 0. The van der Waals surface area contributed by atoms with E-state index in [9.17, 15) is 19.5 Å². The van der Waals surface area contributed by atoms with E-state index in [1.165, 1.54) is 14.1 Å². The number of benzene rings is 1. The molecular weight excluding hydrogens is 396 g/mol. The molecule has 8 heteroatoms. The second-order valence-corrected chi connectivity index (χ2v) is 7.77. The first-order chi connectivity index (χ1) is 14.9. The maximum Gasteiger partial charge on any atom is 0.333 e.